The minimum atomic E-state index is -0.166. The molecule has 3 aromatic rings. The van der Waals surface area contributed by atoms with Gasteiger partial charge in [-0.1, -0.05) is 18.2 Å². The van der Waals surface area contributed by atoms with Gasteiger partial charge in [-0.3, -0.25) is 4.79 Å². The van der Waals surface area contributed by atoms with Crippen LogP contribution < -0.4 is 5.56 Å². The number of phenols is 1. The summed E-state index contributed by atoms with van der Waals surface area (Å²) in [6.45, 7) is 0. The fourth-order valence-corrected chi connectivity index (χ4v) is 6.73. The summed E-state index contributed by atoms with van der Waals surface area (Å²) in [6.07, 6.45) is 8.03. The molecule has 1 aromatic heterocycles. The first-order valence-electron chi connectivity index (χ1n) is 10.4. The Bertz CT molecular complexity index is 1110. The molecule has 4 aliphatic carbocycles. The van der Waals surface area contributed by atoms with Gasteiger partial charge in [0, 0.05) is 0 Å². The van der Waals surface area contributed by atoms with Crippen molar-refractivity contribution in [2.24, 2.45) is 17.8 Å². The predicted molar refractivity (Wildman–Crippen MR) is 109 cm³/mol. The number of rotatable bonds is 2. The van der Waals surface area contributed by atoms with E-state index in [2.05, 4.69) is 22.1 Å². The van der Waals surface area contributed by atoms with Crippen LogP contribution in [0.4, 0.5) is 0 Å². The van der Waals surface area contributed by atoms with Crippen LogP contribution in [0.2, 0.25) is 0 Å². The van der Waals surface area contributed by atoms with E-state index in [0.717, 1.165) is 17.8 Å². The van der Waals surface area contributed by atoms with Gasteiger partial charge in [0.1, 0.15) is 11.6 Å². The number of aromatic nitrogens is 2. The molecule has 7 rings (SSSR count). The van der Waals surface area contributed by atoms with Crippen molar-refractivity contribution >= 4 is 10.9 Å². The van der Waals surface area contributed by atoms with Crippen LogP contribution in [0, 0.1) is 17.8 Å². The minimum absolute atomic E-state index is 0.166. The molecule has 4 saturated carbocycles. The summed E-state index contributed by atoms with van der Waals surface area (Å²) in [5.41, 5.74) is 2.68. The molecular weight excluding hydrogens is 348 g/mol. The lowest BCUT2D eigenvalue weighted by Crippen LogP contribution is -2.48. The van der Waals surface area contributed by atoms with E-state index in [1.54, 1.807) is 12.1 Å². The molecule has 0 aliphatic heterocycles. The van der Waals surface area contributed by atoms with Crippen LogP contribution >= 0.6 is 0 Å². The number of para-hydroxylation sites is 1. The van der Waals surface area contributed by atoms with E-state index >= 15 is 0 Å². The normalized spacial score (nSPS) is 30.8. The smallest absolute Gasteiger partial charge is 0.259 e. The maximum atomic E-state index is 12.5. The summed E-state index contributed by atoms with van der Waals surface area (Å²) in [5.74, 6) is 3.21. The Kier molecular flexibility index (Phi) is 3.32. The topological polar surface area (TPSA) is 66.0 Å². The Morgan fingerprint density at radius 3 is 2.36 bits per heavy atom. The first-order valence-corrected chi connectivity index (χ1v) is 10.4. The van der Waals surface area contributed by atoms with E-state index < -0.39 is 0 Å². The first kappa shape index (κ1) is 16.3. The number of hydrogen-bond acceptors (Lipinski definition) is 3. The lowest BCUT2D eigenvalue weighted by atomic mass is 9.48. The average molecular weight is 372 g/mol. The number of hydrogen-bond donors (Lipinski definition) is 2. The second kappa shape index (κ2) is 5.69. The average Bonchev–Trinajstić information content (AvgIpc) is 2.67. The van der Waals surface area contributed by atoms with E-state index in [1.807, 2.05) is 18.2 Å². The van der Waals surface area contributed by atoms with Gasteiger partial charge in [0.15, 0.2) is 0 Å². The SMILES string of the molecule is O=c1[nH]c(-c2cc(C34CC5CC(CC(C5)C3)C4)ccc2O)nc2ccccc12. The lowest BCUT2D eigenvalue weighted by molar-refractivity contribution is -0.00518. The lowest BCUT2D eigenvalue weighted by Gasteiger charge is -2.57. The van der Waals surface area contributed by atoms with Crippen molar-refractivity contribution in [2.45, 2.75) is 43.9 Å². The van der Waals surface area contributed by atoms with Crippen LogP contribution in [0.1, 0.15) is 44.1 Å². The third kappa shape index (κ3) is 2.36. The molecule has 0 atom stereocenters. The van der Waals surface area contributed by atoms with E-state index in [0.29, 0.717) is 22.3 Å². The van der Waals surface area contributed by atoms with Gasteiger partial charge in [0.2, 0.25) is 0 Å². The third-order valence-electron chi connectivity index (χ3n) is 7.52. The van der Waals surface area contributed by atoms with E-state index in [4.69, 9.17) is 0 Å². The van der Waals surface area contributed by atoms with Gasteiger partial charge in [-0.2, -0.15) is 0 Å². The molecule has 4 fully saturated rings. The standard InChI is InChI=1S/C24H24N2O2/c27-21-6-5-17(24-11-14-7-15(12-24)9-16(8-14)13-24)10-19(21)22-25-20-4-2-1-3-18(20)23(28)26-22/h1-6,10,14-16,27H,7-9,11-13H2,(H,25,26,28). The van der Waals surface area contributed by atoms with Crippen LogP contribution in [-0.4, -0.2) is 15.1 Å². The summed E-state index contributed by atoms with van der Waals surface area (Å²) >= 11 is 0. The monoisotopic (exact) mass is 372 g/mol. The molecule has 4 aliphatic rings. The molecule has 0 saturated heterocycles. The molecule has 1 heterocycles. The van der Waals surface area contributed by atoms with Gasteiger partial charge in [0.25, 0.3) is 5.56 Å². The Balaban J connectivity index is 1.48. The van der Waals surface area contributed by atoms with Crippen molar-refractivity contribution < 1.29 is 5.11 Å². The van der Waals surface area contributed by atoms with Gasteiger partial charge in [0.05, 0.1) is 16.5 Å². The Hall–Kier alpha value is -2.62. The number of nitrogens with one attached hydrogen (secondary N) is 1. The van der Waals surface area contributed by atoms with Crippen molar-refractivity contribution in [3.63, 3.8) is 0 Å². The fraction of sp³-hybridized carbons (Fsp3) is 0.417. The van der Waals surface area contributed by atoms with Crippen molar-refractivity contribution in [3.05, 3.63) is 58.4 Å². The number of phenolic OH excluding ortho intramolecular Hbond substituents is 1. The number of aromatic hydroxyl groups is 1. The highest BCUT2D eigenvalue weighted by Gasteiger charge is 2.51. The molecular formula is C24H24N2O2. The minimum Gasteiger partial charge on any atom is -0.507 e. The molecule has 2 aromatic carbocycles. The Labute approximate surface area is 163 Å². The second-order valence-corrected chi connectivity index (χ2v) is 9.36. The van der Waals surface area contributed by atoms with E-state index in [1.165, 1.54) is 44.1 Å². The third-order valence-corrected chi connectivity index (χ3v) is 7.52. The number of fused-ring (bicyclic) bond motifs is 1. The molecule has 0 amide bonds. The molecule has 0 radical (unpaired) electrons. The van der Waals surface area contributed by atoms with Crippen molar-refractivity contribution in [3.8, 4) is 17.1 Å². The number of aromatic amines is 1. The molecule has 4 bridgehead atoms. The molecule has 2 N–H and O–H groups in total. The van der Waals surface area contributed by atoms with Crippen molar-refractivity contribution in [2.75, 3.05) is 0 Å². The van der Waals surface area contributed by atoms with E-state index in [-0.39, 0.29) is 16.7 Å². The largest absolute Gasteiger partial charge is 0.507 e. The quantitative estimate of drug-likeness (QED) is 0.681. The Morgan fingerprint density at radius 2 is 1.64 bits per heavy atom. The highest BCUT2D eigenvalue weighted by Crippen LogP contribution is 2.61. The van der Waals surface area contributed by atoms with Gasteiger partial charge >= 0.3 is 0 Å². The molecule has 142 valence electrons. The fourth-order valence-electron chi connectivity index (χ4n) is 6.73. The molecule has 4 heteroatoms. The zero-order chi connectivity index (χ0) is 18.9. The summed E-state index contributed by atoms with van der Waals surface area (Å²) in [7, 11) is 0. The van der Waals surface area contributed by atoms with Crippen LogP contribution in [0.3, 0.4) is 0 Å². The van der Waals surface area contributed by atoms with Crippen molar-refractivity contribution in [1.29, 1.82) is 0 Å². The summed E-state index contributed by atoms with van der Waals surface area (Å²) < 4.78 is 0. The highest BCUT2D eigenvalue weighted by molar-refractivity contribution is 5.80. The predicted octanol–water partition coefficient (Wildman–Crippen LogP) is 4.76. The maximum absolute atomic E-state index is 12.5. The van der Waals surface area contributed by atoms with Gasteiger partial charge < -0.3 is 10.1 Å². The number of H-pyrrole nitrogens is 1. The maximum Gasteiger partial charge on any atom is 0.259 e. The molecule has 0 unspecified atom stereocenters. The molecule has 4 nitrogen and oxygen atoms in total. The van der Waals surface area contributed by atoms with Gasteiger partial charge in [-0.05, 0) is 91.5 Å². The van der Waals surface area contributed by atoms with Gasteiger partial charge in [-0.25, -0.2) is 4.98 Å². The van der Waals surface area contributed by atoms with Crippen molar-refractivity contribution in [1.82, 2.24) is 9.97 Å². The van der Waals surface area contributed by atoms with Crippen LogP contribution in [0.5, 0.6) is 5.75 Å². The van der Waals surface area contributed by atoms with Crippen LogP contribution in [-0.2, 0) is 5.41 Å². The van der Waals surface area contributed by atoms with Crippen LogP contribution in [0.15, 0.2) is 47.3 Å². The van der Waals surface area contributed by atoms with Gasteiger partial charge in [-0.15, -0.1) is 0 Å². The Morgan fingerprint density at radius 1 is 0.964 bits per heavy atom. The molecule has 28 heavy (non-hydrogen) atoms. The van der Waals surface area contributed by atoms with E-state index in [9.17, 15) is 9.90 Å². The summed E-state index contributed by atoms with van der Waals surface area (Å²) in [5, 5.41) is 11.1. The second-order valence-electron chi connectivity index (χ2n) is 9.36. The number of nitrogens with zero attached hydrogens (tertiary/aromatic N) is 1. The molecule has 0 spiro atoms. The zero-order valence-corrected chi connectivity index (χ0v) is 15.8. The first-order chi connectivity index (χ1) is 13.6. The number of benzene rings is 2. The highest BCUT2D eigenvalue weighted by atomic mass is 16.3. The summed E-state index contributed by atoms with van der Waals surface area (Å²) in [6, 6.07) is 13.3. The van der Waals surface area contributed by atoms with Crippen LogP contribution in [0.25, 0.3) is 22.3 Å². The zero-order valence-electron chi connectivity index (χ0n) is 15.8. The summed E-state index contributed by atoms with van der Waals surface area (Å²) in [4.78, 5) is 20.0.